The Kier molecular flexibility index (Phi) is 7.49. The van der Waals surface area contributed by atoms with Crippen molar-refractivity contribution in [1.82, 2.24) is 0 Å². The molecule has 1 atom stereocenters. The van der Waals surface area contributed by atoms with Gasteiger partial charge in [-0.15, -0.1) is 11.8 Å². The van der Waals surface area contributed by atoms with E-state index in [1.807, 2.05) is 0 Å². The van der Waals surface area contributed by atoms with Gasteiger partial charge in [0.2, 0.25) is 11.8 Å². The first-order valence-electron chi connectivity index (χ1n) is 8.28. The van der Waals surface area contributed by atoms with Gasteiger partial charge in [0.05, 0.1) is 10.2 Å². The molecular weight excluding hydrogens is 398 g/mol. The van der Waals surface area contributed by atoms with Gasteiger partial charge in [0, 0.05) is 40.6 Å². The number of carbonyl (C=O) groups excluding carboxylic acids is 2. The van der Waals surface area contributed by atoms with Crippen LogP contribution in [-0.4, -0.2) is 33.1 Å². The molecule has 10 heteroatoms. The van der Waals surface area contributed by atoms with E-state index in [4.69, 9.17) is 5.11 Å². The van der Waals surface area contributed by atoms with Crippen molar-refractivity contribution in [2.24, 2.45) is 0 Å². The number of nitro groups is 1. The number of nitro benzene ring substituents is 1. The molecule has 0 aliphatic carbocycles. The summed E-state index contributed by atoms with van der Waals surface area (Å²) >= 11 is 1.25. The Bertz CT molecular complexity index is 959. The normalized spacial score (nSPS) is 11.6. The fraction of sp³-hybridized carbons (Fsp3) is 0.105. The van der Waals surface area contributed by atoms with Crippen LogP contribution in [-0.2, 0) is 14.4 Å². The van der Waals surface area contributed by atoms with Crippen molar-refractivity contribution >= 4 is 46.6 Å². The molecule has 0 radical (unpaired) electrons. The fourth-order valence-electron chi connectivity index (χ4n) is 2.15. The van der Waals surface area contributed by atoms with E-state index >= 15 is 0 Å². The summed E-state index contributed by atoms with van der Waals surface area (Å²) in [5, 5.41) is 23.9. The van der Waals surface area contributed by atoms with Crippen LogP contribution in [0.2, 0.25) is 0 Å². The highest BCUT2D eigenvalue weighted by atomic mass is 32.2. The Morgan fingerprint density at radius 3 is 2.38 bits per heavy atom. The lowest BCUT2D eigenvalue weighted by atomic mass is 10.3. The molecule has 150 valence electrons. The first-order chi connectivity index (χ1) is 13.7. The monoisotopic (exact) mass is 415 g/mol. The average Bonchev–Trinajstić information content (AvgIpc) is 2.67. The van der Waals surface area contributed by atoms with Crippen molar-refractivity contribution in [3.05, 3.63) is 70.8 Å². The first kappa shape index (κ1) is 21.6. The third-order valence-electron chi connectivity index (χ3n) is 3.51. The van der Waals surface area contributed by atoms with Crippen LogP contribution in [0.1, 0.15) is 6.92 Å². The van der Waals surface area contributed by atoms with Crippen molar-refractivity contribution in [3.8, 4) is 0 Å². The second kappa shape index (κ2) is 10.0. The highest BCUT2D eigenvalue weighted by Gasteiger charge is 2.15. The van der Waals surface area contributed by atoms with E-state index in [2.05, 4.69) is 10.6 Å². The lowest BCUT2D eigenvalue weighted by Crippen LogP contribution is -2.22. The van der Waals surface area contributed by atoms with Gasteiger partial charge in [-0.25, -0.2) is 4.79 Å². The molecule has 0 aromatic heterocycles. The minimum absolute atomic E-state index is 0.0671. The number of nitrogens with zero attached hydrogens (tertiary/aromatic N) is 1. The molecule has 0 heterocycles. The molecule has 29 heavy (non-hydrogen) atoms. The van der Waals surface area contributed by atoms with Crippen LogP contribution in [0.15, 0.2) is 65.6 Å². The van der Waals surface area contributed by atoms with Gasteiger partial charge in [0.25, 0.3) is 5.69 Å². The van der Waals surface area contributed by atoms with Crippen LogP contribution in [0.25, 0.3) is 0 Å². The highest BCUT2D eigenvalue weighted by molar-refractivity contribution is 8.00. The van der Waals surface area contributed by atoms with Crippen LogP contribution < -0.4 is 10.6 Å². The van der Waals surface area contributed by atoms with E-state index in [0.717, 1.165) is 17.0 Å². The molecule has 2 amide bonds. The third kappa shape index (κ3) is 7.11. The lowest BCUT2D eigenvalue weighted by molar-refractivity contribution is -0.384. The van der Waals surface area contributed by atoms with E-state index < -0.39 is 22.0 Å². The Balaban J connectivity index is 1.96. The number of benzene rings is 2. The molecule has 0 fully saturated rings. The standard InChI is InChI=1S/C19H17N3O6S/c1-12(19(26)21-13-5-7-15(8-6-13)22(27)28)29-16-4-2-3-14(11-16)20-17(23)9-10-18(24)25/h2-12H,1H3,(H,20,23)(H,21,26)(H,24,25)/b10-9+. The van der Waals surface area contributed by atoms with E-state index in [-0.39, 0.29) is 11.6 Å². The van der Waals surface area contributed by atoms with Gasteiger partial charge in [-0.1, -0.05) is 6.07 Å². The van der Waals surface area contributed by atoms with Gasteiger partial charge in [-0.2, -0.15) is 0 Å². The van der Waals surface area contributed by atoms with Gasteiger partial charge in [0.1, 0.15) is 0 Å². The van der Waals surface area contributed by atoms with Crippen LogP contribution in [0, 0.1) is 10.1 Å². The van der Waals surface area contributed by atoms with Gasteiger partial charge >= 0.3 is 5.97 Å². The number of thioether (sulfide) groups is 1. The summed E-state index contributed by atoms with van der Waals surface area (Å²) in [5.41, 5.74) is 0.833. The molecule has 9 nitrogen and oxygen atoms in total. The minimum Gasteiger partial charge on any atom is -0.478 e. The van der Waals surface area contributed by atoms with E-state index in [9.17, 15) is 24.5 Å². The SMILES string of the molecule is CC(Sc1cccc(NC(=O)/C=C/C(=O)O)c1)C(=O)Nc1ccc([N+](=O)[O-])cc1. The number of rotatable bonds is 8. The second-order valence-corrected chi connectivity index (χ2v) is 7.16. The molecule has 0 saturated carbocycles. The summed E-state index contributed by atoms with van der Waals surface area (Å²) in [6, 6.07) is 12.3. The Hall–Kier alpha value is -3.66. The molecule has 2 aromatic rings. The van der Waals surface area contributed by atoms with Crippen LogP contribution in [0.5, 0.6) is 0 Å². The summed E-state index contributed by atoms with van der Waals surface area (Å²) in [6.45, 7) is 1.70. The Morgan fingerprint density at radius 2 is 1.76 bits per heavy atom. The van der Waals surface area contributed by atoms with Gasteiger partial charge in [-0.3, -0.25) is 19.7 Å². The molecule has 3 N–H and O–H groups in total. The van der Waals surface area contributed by atoms with Gasteiger partial charge < -0.3 is 15.7 Å². The van der Waals surface area contributed by atoms with Gasteiger partial charge in [0.15, 0.2) is 0 Å². The summed E-state index contributed by atoms with van der Waals surface area (Å²) < 4.78 is 0. The molecule has 0 aliphatic heterocycles. The van der Waals surface area contributed by atoms with Gasteiger partial charge in [-0.05, 0) is 37.3 Å². The fourth-order valence-corrected chi connectivity index (χ4v) is 3.07. The number of hydrogen-bond acceptors (Lipinski definition) is 6. The van der Waals surface area contributed by atoms with Crippen LogP contribution >= 0.6 is 11.8 Å². The number of hydrogen-bond donors (Lipinski definition) is 3. The maximum absolute atomic E-state index is 12.3. The summed E-state index contributed by atoms with van der Waals surface area (Å²) in [6.07, 6.45) is 1.64. The summed E-state index contributed by atoms with van der Waals surface area (Å²) in [7, 11) is 0. The molecule has 1 unspecified atom stereocenters. The number of carboxylic acid groups (broad SMARTS) is 1. The molecule has 0 saturated heterocycles. The van der Waals surface area contributed by atoms with Crippen LogP contribution in [0.4, 0.5) is 17.1 Å². The topological polar surface area (TPSA) is 139 Å². The summed E-state index contributed by atoms with van der Waals surface area (Å²) in [4.78, 5) is 45.3. The number of anilines is 2. The number of carbonyl (C=O) groups is 3. The highest BCUT2D eigenvalue weighted by Crippen LogP contribution is 2.27. The number of aliphatic carboxylic acids is 1. The zero-order valence-electron chi connectivity index (χ0n) is 15.2. The average molecular weight is 415 g/mol. The zero-order valence-corrected chi connectivity index (χ0v) is 16.0. The predicted octanol–water partition coefficient (Wildman–Crippen LogP) is 3.29. The number of non-ortho nitro benzene ring substituents is 1. The van der Waals surface area contributed by atoms with Crippen molar-refractivity contribution < 1.29 is 24.4 Å². The first-order valence-corrected chi connectivity index (χ1v) is 9.16. The zero-order chi connectivity index (χ0) is 21.4. The van der Waals surface area contributed by atoms with E-state index in [1.54, 1.807) is 31.2 Å². The Morgan fingerprint density at radius 1 is 1.07 bits per heavy atom. The minimum atomic E-state index is -1.22. The predicted molar refractivity (Wildman–Crippen MR) is 109 cm³/mol. The molecule has 2 rings (SSSR count). The Labute approximate surface area is 170 Å². The number of nitrogens with one attached hydrogen (secondary N) is 2. The molecule has 2 aromatic carbocycles. The molecule has 0 spiro atoms. The van der Waals surface area contributed by atoms with Crippen molar-refractivity contribution in [3.63, 3.8) is 0 Å². The molecule has 0 bridgehead atoms. The van der Waals surface area contributed by atoms with Crippen molar-refractivity contribution in [1.29, 1.82) is 0 Å². The summed E-state index contributed by atoms with van der Waals surface area (Å²) in [5.74, 6) is -2.10. The lowest BCUT2D eigenvalue weighted by Gasteiger charge is -2.13. The largest absolute Gasteiger partial charge is 0.478 e. The third-order valence-corrected chi connectivity index (χ3v) is 4.60. The smallest absolute Gasteiger partial charge is 0.328 e. The number of carboxylic acids is 1. The van der Waals surface area contributed by atoms with Crippen LogP contribution in [0.3, 0.4) is 0 Å². The van der Waals surface area contributed by atoms with E-state index in [0.29, 0.717) is 11.4 Å². The molecular formula is C19H17N3O6S. The number of amides is 2. The maximum atomic E-state index is 12.3. The maximum Gasteiger partial charge on any atom is 0.328 e. The van der Waals surface area contributed by atoms with Crippen molar-refractivity contribution in [2.45, 2.75) is 17.1 Å². The van der Waals surface area contributed by atoms with Crippen molar-refractivity contribution in [2.75, 3.05) is 10.6 Å². The quantitative estimate of drug-likeness (QED) is 0.260. The molecule has 0 aliphatic rings. The van der Waals surface area contributed by atoms with E-state index in [1.165, 1.54) is 36.0 Å². The second-order valence-electron chi connectivity index (χ2n) is 5.74.